The van der Waals surface area contributed by atoms with Crippen molar-refractivity contribution in [2.24, 2.45) is 5.92 Å². The first-order valence-electron chi connectivity index (χ1n) is 11.4. The molecule has 2 heterocycles. The summed E-state index contributed by atoms with van der Waals surface area (Å²) in [7, 11) is -3.92. The number of hydrogen-bond acceptors (Lipinski definition) is 5. The summed E-state index contributed by atoms with van der Waals surface area (Å²) < 4.78 is 34.0. The molecule has 4 rings (SSSR count). The van der Waals surface area contributed by atoms with Crippen LogP contribution in [0.4, 0.5) is 5.69 Å². The second kappa shape index (κ2) is 10.4. The third-order valence-corrected chi connectivity index (χ3v) is 8.42. The zero-order valence-corrected chi connectivity index (χ0v) is 21.5. The SMILES string of the molecule is Cc1ccc(C)c(/C=C/c2onc(C)c2S(=O)(=O)N2CCCC(C(=O)Nc3ccc(Cl)cc3)C2)c1. The first-order chi connectivity index (χ1) is 16.6. The van der Waals surface area contributed by atoms with E-state index in [0.717, 1.165) is 16.7 Å². The van der Waals surface area contributed by atoms with E-state index in [9.17, 15) is 13.2 Å². The monoisotopic (exact) mass is 513 g/mol. The number of carbonyl (C=O) groups excluding carboxylic acids is 1. The minimum absolute atomic E-state index is 0.0396. The highest BCUT2D eigenvalue weighted by molar-refractivity contribution is 7.89. The maximum absolute atomic E-state index is 13.6. The van der Waals surface area contributed by atoms with Gasteiger partial charge >= 0.3 is 0 Å². The number of benzene rings is 2. The Morgan fingerprint density at radius 1 is 1.14 bits per heavy atom. The molecular formula is C26H28ClN3O4S. The molecule has 0 saturated carbocycles. The fraction of sp³-hybridized carbons (Fsp3) is 0.308. The highest BCUT2D eigenvalue weighted by Gasteiger charge is 2.37. The van der Waals surface area contributed by atoms with Crippen molar-refractivity contribution in [3.8, 4) is 0 Å². The minimum atomic E-state index is -3.92. The first kappa shape index (κ1) is 25.2. The van der Waals surface area contributed by atoms with Crippen molar-refractivity contribution < 1.29 is 17.7 Å². The van der Waals surface area contributed by atoms with Crippen molar-refractivity contribution in [1.82, 2.24) is 9.46 Å². The summed E-state index contributed by atoms with van der Waals surface area (Å²) in [4.78, 5) is 12.9. The Kier molecular flexibility index (Phi) is 7.44. The molecule has 1 unspecified atom stereocenters. The van der Waals surface area contributed by atoms with E-state index in [1.165, 1.54) is 4.31 Å². The highest BCUT2D eigenvalue weighted by Crippen LogP contribution is 2.30. The molecule has 1 aliphatic heterocycles. The largest absolute Gasteiger partial charge is 0.355 e. The molecule has 1 aromatic heterocycles. The average molecular weight is 514 g/mol. The van der Waals surface area contributed by atoms with E-state index in [1.807, 2.05) is 38.1 Å². The average Bonchev–Trinajstić information content (AvgIpc) is 3.22. The normalized spacial score (nSPS) is 17.1. The summed E-state index contributed by atoms with van der Waals surface area (Å²) >= 11 is 5.91. The number of amides is 1. The van der Waals surface area contributed by atoms with E-state index in [2.05, 4.69) is 10.5 Å². The van der Waals surface area contributed by atoms with Crippen LogP contribution in [0.25, 0.3) is 12.2 Å². The van der Waals surface area contributed by atoms with E-state index in [0.29, 0.717) is 35.8 Å². The summed E-state index contributed by atoms with van der Waals surface area (Å²) in [6.07, 6.45) is 4.66. The predicted molar refractivity (Wildman–Crippen MR) is 138 cm³/mol. The molecule has 0 spiro atoms. The van der Waals surface area contributed by atoms with Crippen LogP contribution >= 0.6 is 11.6 Å². The number of nitrogens with zero attached hydrogens (tertiary/aromatic N) is 2. The standard InChI is InChI=1S/C26H28ClN3O4S/c1-17-6-7-18(2)20(15-17)8-13-24-25(19(3)29-34-24)35(32,33)30-14-4-5-21(16-30)26(31)28-23-11-9-22(27)10-12-23/h6-13,15,21H,4-5,14,16H2,1-3H3,(H,28,31)/b13-8+. The Bertz CT molecular complexity index is 1360. The second-order valence-corrected chi connectivity index (χ2v) is 11.2. The fourth-order valence-electron chi connectivity index (χ4n) is 4.19. The topological polar surface area (TPSA) is 92.5 Å². The van der Waals surface area contributed by atoms with Gasteiger partial charge < -0.3 is 9.84 Å². The molecule has 1 aliphatic rings. The van der Waals surface area contributed by atoms with Crippen LogP contribution in [-0.2, 0) is 14.8 Å². The van der Waals surface area contributed by atoms with Gasteiger partial charge in [0.05, 0.1) is 5.92 Å². The van der Waals surface area contributed by atoms with Gasteiger partial charge in [-0.2, -0.15) is 4.31 Å². The van der Waals surface area contributed by atoms with Crippen LogP contribution in [0.15, 0.2) is 51.9 Å². The van der Waals surface area contributed by atoms with E-state index in [-0.39, 0.29) is 23.1 Å². The molecular weight excluding hydrogens is 486 g/mol. The lowest BCUT2D eigenvalue weighted by Gasteiger charge is -2.31. The van der Waals surface area contributed by atoms with E-state index in [4.69, 9.17) is 16.1 Å². The zero-order valence-electron chi connectivity index (χ0n) is 19.9. The van der Waals surface area contributed by atoms with E-state index >= 15 is 0 Å². The van der Waals surface area contributed by atoms with Crippen LogP contribution in [0.3, 0.4) is 0 Å². The third-order valence-electron chi connectivity index (χ3n) is 6.15. The van der Waals surface area contributed by atoms with Gasteiger partial charge in [-0.05, 0) is 75.1 Å². The molecule has 1 fully saturated rings. The number of nitrogens with one attached hydrogen (secondary N) is 1. The Hall–Kier alpha value is -2.94. The van der Waals surface area contributed by atoms with Crippen LogP contribution in [-0.4, -0.2) is 36.9 Å². The maximum atomic E-state index is 13.6. The van der Waals surface area contributed by atoms with Crippen molar-refractivity contribution in [2.75, 3.05) is 18.4 Å². The zero-order chi connectivity index (χ0) is 25.2. The Balaban J connectivity index is 1.55. The number of sulfonamides is 1. The van der Waals surface area contributed by atoms with Crippen LogP contribution in [0, 0.1) is 26.7 Å². The van der Waals surface area contributed by atoms with Gasteiger partial charge in [0.1, 0.15) is 5.69 Å². The first-order valence-corrected chi connectivity index (χ1v) is 13.2. The number of halogens is 1. The number of aryl methyl sites for hydroxylation is 3. The van der Waals surface area contributed by atoms with Gasteiger partial charge in [-0.15, -0.1) is 0 Å². The van der Waals surface area contributed by atoms with Crippen LogP contribution in [0.5, 0.6) is 0 Å². The molecule has 3 aromatic rings. The Labute approximate surface area is 210 Å². The fourth-order valence-corrected chi connectivity index (χ4v) is 6.09. The highest BCUT2D eigenvalue weighted by atomic mass is 35.5. The van der Waals surface area contributed by atoms with Crippen LogP contribution in [0.2, 0.25) is 5.02 Å². The second-order valence-electron chi connectivity index (χ2n) is 8.85. The van der Waals surface area contributed by atoms with Gasteiger partial charge in [-0.25, -0.2) is 8.42 Å². The molecule has 0 radical (unpaired) electrons. The Morgan fingerprint density at radius 2 is 1.89 bits per heavy atom. The number of hydrogen-bond donors (Lipinski definition) is 1. The lowest BCUT2D eigenvalue weighted by atomic mass is 9.99. The molecule has 2 aromatic carbocycles. The summed E-state index contributed by atoms with van der Waals surface area (Å²) in [5.74, 6) is -0.510. The molecule has 7 nitrogen and oxygen atoms in total. The van der Waals surface area contributed by atoms with Crippen molar-refractivity contribution in [3.63, 3.8) is 0 Å². The molecule has 9 heteroatoms. The van der Waals surface area contributed by atoms with E-state index in [1.54, 1.807) is 37.3 Å². The molecule has 0 bridgehead atoms. The van der Waals surface area contributed by atoms with Crippen molar-refractivity contribution in [1.29, 1.82) is 0 Å². The number of aromatic nitrogens is 1. The smallest absolute Gasteiger partial charge is 0.248 e. The molecule has 1 saturated heterocycles. The molecule has 0 aliphatic carbocycles. The molecule has 1 atom stereocenters. The van der Waals surface area contributed by atoms with Crippen LogP contribution in [0.1, 0.15) is 41.0 Å². The minimum Gasteiger partial charge on any atom is -0.355 e. The molecule has 35 heavy (non-hydrogen) atoms. The lowest BCUT2D eigenvalue weighted by Crippen LogP contribution is -2.43. The summed E-state index contributed by atoms with van der Waals surface area (Å²) in [5, 5.41) is 7.35. The van der Waals surface area contributed by atoms with Gasteiger partial charge in [0.2, 0.25) is 15.9 Å². The van der Waals surface area contributed by atoms with Gasteiger partial charge in [0, 0.05) is 23.8 Å². The van der Waals surface area contributed by atoms with Gasteiger partial charge in [0.15, 0.2) is 10.7 Å². The van der Waals surface area contributed by atoms with Gasteiger partial charge in [-0.3, -0.25) is 4.79 Å². The number of anilines is 1. The maximum Gasteiger partial charge on any atom is 0.248 e. The van der Waals surface area contributed by atoms with Crippen LogP contribution < -0.4 is 5.32 Å². The summed E-state index contributed by atoms with van der Waals surface area (Å²) in [6, 6.07) is 12.9. The lowest BCUT2D eigenvalue weighted by molar-refractivity contribution is -0.120. The summed E-state index contributed by atoms with van der Waals surface area (Å²) in [6.45, 7) is 6.02. The van der Waals surface area contributed by atoms with Gasteiger partial charge in [-0.1, -0.05) is 46.6 Å². The molecule has 1 amide bonds. The number of carbonyl (C=O) groups is 1. The van der Waals surface area contributed by atoms with Crippen molar-refractivity contribution in [2.45, 2.75) is 38.5 Å². The predicted octanol–water partition coefficient (Wildman–Crippen LogP) is 5.46. The quantitative estimate of drug-likeness (QED) is 0.472. The van der Waals surface area contributed by atoms with E-state index < -0.39 is 15.9 Å². The number of piperidine rings is 1. The molecule has 184 valence electrons. The summed E-state index contributed by atoms with van der Waals surface area (Å²) in [5.41, 5.74) is 4.05. The van der Waals surface area contributed by atoms with Crippen molar-refractivity contribution >= 4 is 45.4 Å². The Morgan fingerprint density at radius 3 is 2.63 bits per heavy atom. The van der Waals surface area contributed by atoms with Crippen molar-refractivity contribution in [3.05, 3.63) is 75.6 Å². The third kappa shape index (κ3) is 5.66. The van der Waals surface area contributed by atoms with Gasteiger partial charge in [0.25, 0.3) is 0 Å². The number of rotatable bonds is 6. The molecule has 1 N–H and O–H groups in total.